The first kappa shape index (κ1) is 29.9. The molecule has 4 heterocycles. The Bertz CT molecular complexity index is 2970. The molecule has 2 aromatic heterocycles. The fourth-order valence-electron chi connectivity index (χ4n) is 9.19. The smallest absolute Gasteiger partial charge is 0.333 e. The molecule has 52 heavy (non-hydrogen) atoms. The summed E-state index contributed by atoms with van der Waals surface area (Å²) in [5.41, 5.74) is 15.7. The van der Waals surface area contributed by atoms with Crippen molar-refractivity contribution in [3.63, 3.8) is 0 Å². The molecule has 9 aromatic rings. The minimum Gasteiger partial charge on any atom is -0.454 e. The number of rotatable bonds is 1. The number of nitrogens with zero attached hydrogens (tertiary/aromatic N) is 2. The van der Waals surface area contributed by atoms with Gasteiger partial charge in [0.25, 0.3) is 0 Å². The second-order valence-corrected chi connectivity index (χ2v) is 17.0. The van der Waals surface area contributed by atoms with Crippen molar-refractivity contribution < 1.29 is 4.42 Å². The normalized spacial score (nSPS) is 13.9. The summed E-state index contributed by atoms with van der Waals surface area (Å²) < 4.78 is 9.69. The van der Waals surface area contributed by atoms with E-state index in [0.29, 0.717) is 0 Å². The van der Waals surface area contributed by atoms with Crippen LogP contribution in [0.15, 0.2) is 132 Å². The number of aromatic nitrogens is 1. The van der Waals surface area contributed by atoms with E-state index in [1.165, 1.54) is 77.1 Å². The van der Waals surface area contributed by atoms with Crippen LogP contribution in [0.5, 0.6) is 0 Å². The Balaban J connectivity index is 1.38. The Labute approximate surface area is 304 Å². The molecule has 0 radical (unpaired) electrons. The molecule has 0 unspecified atom stereocenters. The van der Waals surface area contributed by atoms with E-state index >= 15 is 0 Å². The van der Waals surface area contributed by atoms with Crippen LogP contribution in [0.25, 0.3) is 65.6 Å². The topological polar surface area (TPSA) is 21.3 Å². The number of anilines is 3. The quantitative estimate of drug-likeness (QED) is 0.162. The summed E-state index contributed by atoms with van der Waals surface area (Å²) in [7, 11) is 0. The van der Waals surface area contributed by atoms with Crippen molar-refractivity contribution in [1.29, 1.82) is 0 Å². The zero-order chi connectivity index (χ0) is 35.3. The van der Waals surface area contributed by atoms with Crippen LogP contribution in [-0.2, 0) is 10.8 Å². The summed E-state index contributed by atoms with van der Waals surface area (Å²) in [5, 5.41) is 7.38. The largest absolute Gasteiger partial charge is 0.454 e. The SMILES string of the molecule is CC(C)(C)c1cc(N2c3cc4ccccc4cc3B3c4c(cc5c(oc6ccccc65)c42)-c2cccc4c5ccccc5n3c24)cc(C(C)(C)C)c1. The highest BCUT2D eigenvalue weighted by atomic mass is 16.3. The zero-order valence-corrected chi connectivity index (χ0v) is 30.5. The summed E-state index contributed by atoms with van der Waals surface area (Å²) in [6.07, 6.45) is 0. The predicted molar refractivity (Wildman–Crippen MR) is 222 cm³/mol. The fraction of sp³-hybridized carbons (Fsp3) is 0.167. The van der Waals surface area contributed by atoms with Crippen molar-refractivity contribution in [2.24, 2.45) is 0 Å². The van der Waals surface area contributed by atoms with E-state index in [0.717, 1.165) is 27.6 Å². The van der Waals surface area contributed by atoms with Gasteiger partial charge in [-0.15, -0.1) is 0 Å². The van der Waals surface area contributed by atoms with Crippen molar-refractivity contribution in [1.82, 2.24) is 4.48 Å². The third kappa shape index (κ3) is 3.93. The molecule has 2 aliphatic rings. The van der Waals surface area contributed by atoms with Gasteiger partial charge in [0.1, 0.15) is 5.58 Å². The van der Waals surface area contributed by atoms with E-state index < -0.39 is 0 Å². The predicted octanol–water partition coefficient (Wildman–Crippen LogP) is 11.9. The Hall–Kier alpha value is -5.74. The van der Waals surface area contributed by atoms with E-state index in [9.17, 15) is 0 Å². The van der Waals surface area contributed by atoms with Crippen LogP contribution in [0.3, 0.4) is 0 Å². The second-order valence-electron chi connectivity index (χ2n) is 17.0. The molecule has 0 fully saturated rings. The lowest BCUT2D eigenvalue weighted by Gasteiger charge is -2.41. The van der Waals surface area contributed by atoms with Crippen molar-refractivity contribution in [2.45, 2.75) is 52.4 Å². The summed E-state index contributed by atoms with van der Waals surface area (Å²) in [6.45, 7) is 13.9. The van der Waals surface area contributed by atoms with Crippen LogP contribution in [0.4, 0.5) is 17.1 Å². The van der Waals surface area contributed by atoms with Crippen molar-refractivity contribution in [3.8, 4) is 11.1 Å². The molecule has 0 amide bonds. The number of hydrogen-bond donors (Lipinski definition) is 0. The van der Waals surface area contributed by atoms with Crippen LogP contribution in [-0.4, -0.2) is 11.3 Å². The van der Waals surface area contributed by atoms with Crippen LogP contribution in [0.1, 0.15) is 52.7 Å². The Kier molecular flexibility index (Phi) is 5.75. The minimum atomic E-state index is -0.0522. The maximum Gasteiger partial charge on any atom is 0.333 e. The third-order valence-electron chi connectivity index (χ3n) is 11.8. The van der Waals surface area contributed by atoms with E-state index in [2.05, 4.69) is 178 Å². The van der Waals surface area contributed by atoms with E-state index in [1.807, 2.05) is 0 Å². The van der Waals surface area contributed by atoms with E-state index in [-0.39, 0.29) is 17.7 Å². The molecule has 7 aromatic carbocycles. The van der Waals surface area contributed by atoms with E-state index in [4.69, 9.17) is 4.42 Å². The maximum absolute atomic E-state index is 7.05. The highest BCUT2D eigenvalue weighted by molar-refractivity contribution is 6.90. The number of hydrogen-bond acceptors (Lipinski definition) is 2. The van der Waals surface area contributed by atoms with Gasteiger partial charge in [-0.2, -0.15) is 0 Å². The van der Waals surface area contributed by atoms with Gasteiger partial charge in [0, 0.05) is 49.5 Å². The van der Waals surface area contributed by atoms with Gasteiger partial charge in [-0.1, -0.05) is 133 Å². The van der Waals surface area contributed by atoms with Crippen molar-refractivity contribution in [2.75, 3.05) is 4.90 Å². The van der Waals surface area contributed by atoms with E-state index in [1.54, 1.807) is 0 Å². The lowest BCUT2D eigenvalue weighted by molar-refractivity contribution is 0.569. The third-order valence-corrected chi connectivity index (χ3v) is 11.8. The molecular formula is C48H39BN2O. The van der Waals surface area contributed by atoms with Gasteiger partial charge >= 0.3 is 6.85 Å². The van der Waals surface area contributed by atoms with Gasteiger partial charge in [-0.3, -0.25) is 0 Å². The van der Waals surface area contributed by atoms with Crippen molar-refractivity contribution in [3.05, 3.63) is 139 Å². The lowest BCUT2D eigenvalue weighted by atomic mass is 9.45. The molecule has 2 aliphatic heterocycles. The van der Waals surface area contributed by atoms with Gasteiger partial charge in [0.05, 0.1) is 5.69 Å². The molecule has 0 atom stereocenters. The Morgan fingerprint density at radius 1 is 0.558 bits per heavy atom. The van der Waals surface area contributed by atoms with Gasteiger partial charge in [-0.25, -0.2) is 0 Å². The van der Waals surface area contributed by atoms with Crippen LogP contribution >= 0.6 is 0 Å². The number of fused-ring (bicyclic) bond motifs is 12. The Morgan fingerprint density at radius 3 is 1.96 bits per heavy atom. The van der Waals surface area contributed by atoms with Crippen LogP contribution in [0.2, 0.25) is 0 Å². The first-order chi connectivity index (χ1) is 25.1. The summed E-state index contributed by atoms with van der Waals surface area (Å²) in [5.74, 6) is 0. The summed E-state index contributed by atoms with van der Waals surface area (Å²) in [4.78, 5) is 2.56. The Morgan fingerprint density at radius 2 is 1.21 bits per heavy atom. The van der Waals surface area contributed by atoms with Crippen LogP contribution in [0, 0.1) is 0 Å². The number of benzene rings is 7. The molecule has 0 spiro atoms. The molecule has 11 rings (SSSR count). The first-order valence-electron chi connectivity index (χ1n) is 18.6. The molecule has 0 bridgehead atoms. The molecule has 250 valence electrons. The molecule has 3 nitrogen and oxygen atoms in total. The molecule has 4 heteroatoms. The first-order valence-corrected chi connectivity index (χ1v) is 18.6. The monoisotopic (exact) mass is 670 g/mol. The summed E-state index contributed by atoms with van der Waals surface area (Å²) >= 11 is 0. The molecular weight excluding hydrogens is 631 g/mol. The van der Waals surface area contributed by atoms with Crippen LogP contribution < -0.4 is 15.8 Å². The fourth-order valence-corrected chi connectivity index (χ4v) is 9.19. The molecule has 0 saturated heterocycles. The minimum absolute atomic E-state index is 0.0417. The average molecular weight is 671 g/mol. The van der Waals surface area contributed by atoms with Gasteiger partial charge in [0.2, 0.25) is 0 Å². The molecule has 0 saturated carbocycles. The van der Waals surface area contributed by atoms with Crippen molar-refractivity contribution >= 4 is 89.4 Å². The standard InChI is InChI=1S/C48H39BN2O/c1-47(2,3)30-24-31(48(4,5)6)26-32(25-30)50-41-23-29-15-8-7-14-28(29)22-39(41)49-43-37(27-38-34-17-10-12-21-42(34)52-46(38)45(43)50)36-19-13-18-35-33-16-9-11-20-40(33)51(49)44(35)36/h7-27H,1-6H3. The zero-order valence-electron chi connectivity index (χ0n) is 30.5. The van der Waals surface area contributed by atoms with Gasteiger partial charge in [0.15, 0.2) is 5.58 Å². The summed E-state index contributed by atoms with van der Waals surface area (Å²) in [6, 6.07) is 47.8. The number of para-hydroxylation sites is 3. The molecule has 0 N–H and O–H groups in total. The maximum atomic E-state index is 7.05. The lowest BCUT2D eigenvalue weighted by Crippen LogP contribution is -2.56. The van der Waals surface area contributed by atoms with Gasteiger partial charge < -0.3 is 13.8 Å². The number of furan rings is 1. The average Bonchev–Trinajstić information content (AvgIpc) is 3.68. The molecule has 0 aliphatic carbocycles. The highest BCUT2D eigenvalue weighted by Gasteiger charge is 2.45. The van der Waals surface area contributed by atoms with Gasteiger partial charge in [-0.05, 0) is 85.6 Å². The highest BCUT2D eigenvalue weighted by Crippen LogP contribution is 2.50. The second kappa shape index (κ2) is 9.98.